The molecule has 1 aliphatic rings. The molecule has 3 rings (SSSR count). The van der Waals surface area contributed by atoms with Crippen molar-refractivity contribution in [3.8, 4) is 5.75 Å². The third-order valence-electron chi connectivity index (χ3n) is 4.20. The molecule has 126 valence electrons. The fourth-order valence-corrected chi connectivity index (χ4v) is 3.06. The number of methoxy groups -OCH3 is 1. The lowest BCUT2D eigenvalue weighted by atomic mass is 9.87. The molecular formula is C16H18N4O4. The van der Waals surface area contributed by atoms with Crippen molar-refractivity contribution < 1.29 is 9.53 Å². The predicted molar refractivity (Wildman–Crippen MR) is 88.2 cm³/mol. The SMILES string of the molecule is COc1cccc2c1CCCC2NC(=O)c1[nH]c(=O)[nH]c(=O)c1N. The number of hydrogen-bond donors (Lipinski definition) is 4. The van der Waals surface area contributed by atoms with Gasteiger partial charge < -0.3 is 20.8 Å². The van der Waals surface area contributed by atoms with Gasteiger partial charge in [0.25, 0.3) is 11.5 Å². The first-order valence-corrected chi connectivity index (χ1v) is 7.60. The van der Waals surface area contributed by atoms with Gasteiger partial charge in [-0.1, -0.05) is 12.1 Å². The number of anilines is 1. The monoisotopic (exact) mass is 330 g/mol. The van der Waals surface area contributed by atoms with Gasteiger partial charge in [-0.3, -0.25) is 14.6 Å². The molecule has 0 radical (unpaired) electrons. The summed E-state index contributed by atoms with van der Waals surface area (Å²) in [6.07, 6.45) is 2.51. The molecule has 2 aromatic rings. The van der Waals surface area contributed by atoms with Gasteiger partial charge in [0, 0.05) is 0 Å². The summed E-state index contributed by atoms with van der Waals surface area (Å²) in [5.74, 6) is 0.201. The molecule has 1 aliphatic carbocycles. The number of aromatic nitrogens is 2. The van der Waals surface area contributed by atoms with Crippen molar-refractivity contribution in [2.24, 2.45) is 0 Å². The van der Waals surface area contributed by atoms with E-state index < -0.39 is 17.2 Å². The highest BCUT2D eigenvalue weighted by atomic mass is 16.5. The Morgan fingerprint density at radius 2 is 2.12 bits per heavy atom. The van der Waals surface area contributed by atoms with Crippen LogP contribution >= 0.6 is 0 Å². The first kappa shape index (κ1) is 15.9. The second-order valence-electron chi connectivity index (χ2n) is 5.64. The Morgan fingerprint density at radius 3 is 2.88 bits per heavy atom. The van der Waals surface area contributed by atoms with Gasteiger partial charge in [-0.25, -0.2) is 4.79 Å². The largest absolute Gasteiger partial charge is 0.496 e. The highest BCUT2D eigenvalue weighted by Crippen LogP contribution is 2.35. The second kappa shape index (κ2) is 6.23. The zero-order chi connectivity index (χ0) is 17.3. The number of benzene rings is 1. The summed E-state index contributed by atoms with van der Waals surface area (Å²) in [4.78, 5) is 39.6. The van der Waals surface area contributed by atoms with E-state index in [1.807, 2.05) is 23.2 Å². The number of amides is 1. The minimum atomic E-state index is -0.783. The number of nitrogen functional groups attached to an aromatic ring is 1. The first-order chi connectivity index (χ1) is 11.5. The summed E-state index contributed by atoms with van der Waals surface area (Å²) in [7, 11) is 1.61. The number of nitrogens with one attached hydrogen (secondary N) is 3. The van der Waals surface area contributed by atoms with Gasteiger partial charge in [-0.2, -0.15) is 0 Å². The smallest absolute Gasteiger partial charge is 0.326 e. The van der Waals surface area contributed by atoms with Gasteiger partial charge >= 0.3 is 5.69 Å². The van der Waals surface area contributed by atoms with Crippen molar-refractivity contribution in [2.45, 2.75) is 25.3 Å². The highest BCUT2D eigenvalue weighted by Gasteiger charge is 2.25. The lowest BCUT2D eigenvalue weighted by molar-refractivity contribution is 0.0928. The van der Waals surface area contributed by atoms with Gasteiger partial charge in [0.05, 0.1) is 13.2 Å². The van der Waals surface area contributed by atoms with Crippen LogP contribution in [-0.2, 0) is 6.42 Å². The fourth-order valence-electron chi connectivity index (χ4n) is 3.06. The van der Waals surface area contributed by atoms with Crippen LogP contribution in [-0.4, -0.2) is 23.0 Å². The number of carbonyl (C=O) groups is 1. The van der Waals surface area contributed by atoms with Crippen molar-refractivity contribution in [1.82, 2.24) is 15.3 Å². The average molecular weight is 330 g/mol. The van der Waals surface area contributed by atoms with E-state index in [1.165, 1.54) is 0 Å². The van der Waals surface area contributed by atoms with Gasteiger partial charge in [0.15, 0.2) is 0 Å². The summed E-state index contributed by atoms with van der Waals surface area (Å²) in [5, 5.41) is 2.84. The summed E-state index contributed by atoms with van der Waals surface area (Å²) in [5.41, 5.74) is 5.54. The number of carbonyl (C=O) groups excluding carboxylic acids is 1. The van der Waals surface area contributed by atoms with Crippen LogP contribution in [0.4, 0.5) is 5.69 Å². The van der Waals surface area contributed by atoms with E-state index in [4.69, 9.17) is 10.5 Å². The maximum atomic E-state index is 12.5. The number of nitrogens with two attached hydrogens (primary N) is 1. The van der Waals surface area contributed by atoms with E-state index >= 15 is 0 Å². The lowest BCUT2D eigenvalue weighted by Crippen LogP contribution is -2.36. The van der Waals surface area contributed by atoms with Gasteiger partial charge in [0.2, 0.25) is 0 Å². The van der Waals surface area contributed by atoms with Crippen LogP contribution in [0.2, 0.25) is 0 Å². The predicted octanol–water partition coefficient (Wildman–Crippen LogP) is 0.461. The number of aromatic amines is 2. The molecule has 24 heavy (non-hydrogen) atoms. The van der Waals surface area contributed by atoms with Crippen LogP contribution in [0.15, 0.2) is 27.8 Å². The Balaban J connectivity index is 1.93. The minimum Gasteiger partial charge on any atom is -0.496 e. The molecular weight excluding hydrogens is 312 g/mol. The van der Waals surface area contributed by atoms with E-state index in [0.29, 0.717) is 0 Å². The molecule has 1 amide bonds. The molecule has 8 nitrogen and oxygen atoms in total. The molecule has 0 spiro atoms. The minimum absolute atomic E-state index is 0.223. The molecule has 0 bridgehead atoms. The van der Waals surface area contributed by atoms with Crippen molar-refractivity contribution in [1.29, 1.82) is 0 Å². The third kappa shape index (κ3) is 2.78. The molecule has 1 heterocycles. The quantitative estimate of drug-likeness (QED) is 0.649. The number of ether oxygens (including phenoxy) is 1. The second-order valence-corrected chi connectivity index (χ2v) is 5.64. The normalized spacial score (nSPS) is 16.3. The van der Waals surface area contributed by atoms with Crippen LogP contribution in [0.3, 0.4) is 0 Å². The van der Waals surface area contributed by atoms with Crippen molar-refractivity contribution >= 4 is 11.6 Å². The topological polar surface area (TPSA) is 130 Å². The van der Waals surface area contributed by atoms with E-state index in [0.717, 1.165) is 36.1 Å². The van der Waals surface area contributed by atoms with Crippen LogP contribution in [0.25, 0.3) is 0 Å². The van der Waals surface area contributed by atoms with E-state index in [2.05, 4.69) is 10.3 Å². The van der Waals surface area contributed by atoms with Crippen molar-refractivity contribution in [2.75, 3.05) is 12.8 Å². The van der Waals surface area contributed by atoms with Crippen LogP contribution < -0.4 is 27.0 Å². The van der Waals surface area contributed by atoms with Gasteiger partial charge in [-0.15, -0.1) is 0 Å². The zero-order valence-corrected chi connectivity index (χ0v) is 13.1. The van der Waals surface area contributed by atoms with Crippen molar-refractivity contribution in [3.63, 3.8) is 0 Å². The maximum absolute atomic E-state index is 12.5. The third-order valence-corrected chi connectivity index (χ3v) is 4.20. The first-order valence-electron chi connectivity index (χ1n) is 7.60. The summed E-state index contributed by atoms with van der Waals surface area (Å²) >= 11 is 0. The fraction of sp³-hybridized carbons (Fsp3) is 0.312. The Kier molecular flexibility index (Phi) is 4.11. The Labute approximate surface area is 137 Å². The summed E-state index contributed by atoms with van der Waals surface area (Å²) < 4.78 is 5.38. The molecule has 1 atom stereocenters. The highest BCUT2D eigenvalue weighted by molar-refractivity contribution is 5.97. The van der Waals surface area contributed by atoms with Crippen LogP contribution in [0.1, 0.15) is 40.5 Å². The molecule has 1 aromatic heterocycles. The van der Waals surface area contributed by atoms with E-state index in [9.17, 15) is 14.4 Å². The molecule has 1 unspecified atom stereocenters. The Hall–Kier alpha value is -3.03. The maximum Gasteiger partial charge on any atom is 0.326 e. The number of rotatable bonds is 3. The van der Waals surface area contributed by atoms with E-state index in [1.54, 1.807) is 7.11 Å². The van der Waals surface area contributed by atoms with Gasteiger partial charge in [0.1, 0.15) is 17.1 Å². The lowest BCUT2D eigenvalue weighted by Gasteiger charge is -2.27. The van der Waals surface area contributed by atoms with E-state index in [-0.39, 0.29) is 17.4 Å². The van der Waals surface area contributed by atoms with Gasteiger partial charge in [-0.05, 0) is 36.5 Å². The molecule has 0 fully saturated rings. The molecule has 0 saturated heterocycles. The molecule has 8 heteroatoms. The summed E-state index contributed by atoms with van der Waals surface area (Å²) in [6.45, 7) is 0. The standard InChI is InChI=1S/C16H18N4O4/c1-24-11-7-3-4-8-9(11)5-2-6-10(8)18-15(22)13-12(17)14(21)20-16(23)19-13/h3-4,7,10H,2,5-6,17H2,1H3,(H,18,22)(H2,19,20,21,23). The number of H-pyrrole nitrogens is 2. The molecule has 0 aliphatic heterocycles. The van der Waals surface area contributed by atoms with Crippen molar-refractivity contribution in [3.05, 3.63) is 55.9 Å². The van der Waals surface area contributed by atoms with Crippen LogP contribution in [0.5, 0.6) is 5.75 Å². The Morgan fingerprint density at radius 1 is 1.33 bits per heavy atom. The number of hydrogen-bond acceptors (Lipinski definition) is 5. The molecule has 5 N–H and O–H groups in total. The number of fused-ring (bicyclic) bond motifs is 1. The Bertz CT molecular complexity index is 900. The molecule has 0 saturated carbocycles. The molecule has 1 aromatic carbocycles. The summed E-state index contributed by atoms with van der Waals surface area (Å²) in [6, 6.07) is 5.45. The average Bonchev–Trinajstić information content (AvgIpc) is 2.57. The van der Waals surface area contributed by atoms with Crippen LogP contribution in [0, 0.1) is 0 Å². The zero-order valence-electron chi connectivity index (χ0n) is 13.1.